The van der Waals surface area contributed by atoms with Gasteiger partial charge in [-0.15, -0.1) is 11.3 Å². The molecule has 3 N–H and O–H groups in total. The number of rotatable bonds is 4. The Kier molecular flexibility index (Phi) is 3.36. The molecule has 0 fully saturated rings. The molecule has 0 aliphatic rings. The van der Waals surface area contributed by atoms with Gasteiger partial charge in [0.2, 0.25) is 5.95 Å². The predicted octanol–water partition coefficient (Wildman–Crippen LogP) is 2.08. The van der Waals surface area contributed by atoms with E-state index in [9.17, 15) is 0 Å². The van der Waals surface area contributed by atoms with E-state index in [1.807, 2.05) is 6.92 Å². The maximum Gasteiger partial charge on any atom is 0.224 e. The van der Waals surface area contributed by atoms with Gasteiger partial charge in [0.25, 0.3) is 0 Å². The molecule has 0 bridgehead atoms. The molecule has 16 heavy (non-hydrogen) atoms. The summed E-state index contributed by atoms with van der Waals surface area (Å²) in [7, 11) is 0. The molecule has 0 aliphatic carbocycles. The van der Waals surface area contributed by atoms with Crippen molar-refractivity contribution in [3.63, 3.8) is 0 Å². The zero-order chi connectivity index (χ0) is 11.4. The maximum atomic E-state index is 5.64. The van der Waals surface area contributed by atoms with Gasteiger partial charge >= 0.3 is 0 Å². The lowest BCUT2D eigenvalue weighted by atomic mass is 10.3. The van der Waals surface area contributed by atoms with Crippen LogP contribution in [0.4, 0.5) is 11.8 Å². The number of thiophene rings is 1. The van der Waals surface area contributed by atoms with Crippen LogP contribution < -0.4 is 11.1 Å². The molecule has 2 heterocycles. The van der Waals surface area contributed by atoms with E-state index in [2.05, 4.69) is 32.8 Å². The average molecular weight is 234 g/mol. The van der Waals surface area contributed by atoms with Gasteiger partial charge in [-0.2, -0.15) is 4.98 Å². The van der Waals surface area contributed by atoms with Gasteiger partial charge < -0.3 is 11.1 Å². The van der Waals surface area contributed by atoms with E-state index in [1.165, 1.54) is 4.88 Å². The van der Waals surface area contributed by atoms with Crippen LogP contribution in [-0.2, 0) is 6.42 Å². The minimum Gasteiger partial charge on any atom is -0.384 e. The third-order valence-corrected chi connectivity index (χ3v) is 3.04. The largest absolute Gasteiger partial charge is 0.384 e. The van der Waals surface area contributed by atoms with Gasteiger partial charge in [-0.05, 0) is 24.8 Å². The second-order valence-electron chi connectivity index (χ2n) is 3.51. The molecular formula is C11H14N4S. The number of nitrogens with one attached hydrogen (secondary N) is 1. The fourth-order valence-electron chi connectivity index (χ4n) is 1.42. The van der Waals surface area contributed by atoms with Gasteiger partial charge in [-0.3, -0.25) is 0 Å². The molecular weight excluding hydrogens is 220 g/mol. The van der Waals surface area contributed by atoms with Crippen LogP contribution in [0.15, 0.2) is 23.6 Å². The number of anilines is 2. The van der Waals surface area contributed by atoms with E-state index < -0.39 is 0 Å². The minimum absolute atomic E-state index is 0.506. The normalized spacial score (nSPS) is 10.3. The van der Waals surface area contributed by atoms with Crippen molar-refractivity contribution in [2.24, 2.45) is 0 Å². The Balaban J connectivity index is 1.89. The number of aromatic nitrogens is 2. The minimum atomic E-state index is 0.506. The van der Waals surface area contributed by atoms with Crippen molar-refractivity contribution in [1.29, 1.82) is 0 Å². The molecule has 0 saturated carbocycles. The molecule has 84 valence electrons. The van der Waals surface area contributed by atoms with Gasteiger partial charge in [-0.1, -0.05) is 6.07 Å². The maximum absolute atomic E-state index is 5.64. The van der Waals surface area contributed by atoms with Gasteiger partial charge in [0, 0.05) is 23.2 Å². The summed E-state index contributed by atoms with van der Waals surface area (Å²) in [4.78, 5) is 9.72. The molecule has 2 aromatic rings. The van der Waals surface area contributed by atoms with Crippen molar-refractivity contribution >= 4 is 23.1 Å². The molecule has 0 saturated heterocycles. The van der Waals surface area contributed by atoms with Crippen LogP contribution >= 0.6 is 11.3 Å². The first-order valence-corrected chi connectivity index (χ1v) is 5.99. The van der Waals surface area contributed by atoms with Crippen LogP contribution in [0.3, 0.4) is 0 Å². The zero-order valence-electron chi connectivity index (χ0n) is 9.10. The number of nitrogens with zero attached hydrogens (tertiary/aromatic N) is 2. The molecule has 0 unspecified atom stereocenters. The van der Waals surface area contributed by atoms with Crippen molar-refractivity contribution in [2.45, 2.75) is 13.3 Å². The SMILES string of the molecule is Cc1cc(N)nc(NCCc2cccs2)n1. The van der Waals surface area contributed by atoms with E-state index in [4.69, 9.17) is 5.73 Å². The Morgan fingerprint density at radius 3 is 3.00 bits per heavy atom. The highest BCUT2D eigenvalue weighted by Crippen LogP contribution is 2.10. The quantitative estimate of drug-likeness (QED) is 0.850. The Labute approximate surface area is 98.6 Å². The van der Waals surface area contributed by atoms with Gasteiger partial charge in [0.15, 0.2) is 0 Å². The molecule has 0 spiro atoms. The molecule has 0 amide bonds. The average Bonchev–Trinajstić information content (AvgIpc) is 2.69. The predicted molar refractivity (Wildman–Crippen MR) is 67.7 cm³/mol. The van der Waals surface area contributed by atoms with E-state index >= 15 is 0 Å². The molecule has 2 rings (SSSR count). The number of nitrogens with two attached hydrogens (primary N) is 1. The monoisotopic (exact) mass is 234 g/mol. The third kappa shape index (κ3) is 2.93. The van der Waals surface area contributed by atoms with E-state index in [1.54, 1.807) is 17.4 Å². The zero-order valence-corrected chi connectivity index (χ0v) is 9.92. The van der Waals surface area contributed by atoms with Crippen LogP contribution in [0.25, 0.3) is 0 Å². The summed E-state index contributed by atoms with van der Waals surface area (Å²) < 4.78 is 0. The summed E-state index contributed by atoms with van der Waals surface area (Å²) in [6, 6.07) is 5.93. The first-order chi connectivity index (χ1) is 7.74. The van der Waals surface area contributed by atoms with Gasteiger partial charge in [0.1, 0.15) is 5.82 Å². The topological polar surface area (TPSA) is 63.8 Å². The first-order valence-electron chi connectivity index (χ1n) is 5.11. The smallest absolute Gasteiger partial charge is 0.224 e. The highest BCUT2D eigenvalue weighted by Gasteiger charge is 1.99. The number of aryl methyl sites for hydroxylation is 1. The fourth-order valence-corrected chi connectivity index (χ4v) is 2.13. The molecule has 0 atom stereocenters. The Morgan fingerprint density at radius 1 is 1.44 bits per heavy atom. The third-order valence-electron chi connectivity index (χ3n) is 2.11. The number of nitrogen functional groups attached to an aromatic ring is 1. The van der Waals surface area contributed by atoms with Crippen LogP contribution in [0.2, 0.25) is 0 Å². The summed E-state index contributed by atoms with van der Waals surface area (Å²) in [6.45, 7) is 2.73. The Bertz CT molecular complexity index is 433. The summed E-state index contributed by atoms with van der Waals surface area (Å²) in [5, 5.41) is 5.25. The molecule has 0 aliphatic heterocycles. The second kappa shape index (κ2) is 4.94. The second-order valence-corrected chi connectivity index (χ2v) is 4.55. The lowest BCUT2D eigenvalue weighted by Crippen LogP contribution is -2.09. The van der Waals surface area contributed by atoms with E-state index in [0.29, 0.717) is 11.8 Å². The van der Waals surface area contributed by atoms with Crippen molar-refractivity contribution < 1.29 is 0 Å². The Morgan fingerprint density at radius 2 is 2.31 bits per heavy atom. The van der Waals surface area contributed by atoms with Crippen molar-refractivity contribution in [3.8, 4) is 0 Å². The highest BCUT2D eigenvalue weighted by atomic mass is 32.1. The van der Waals surface area contributed by atoms with Crippen LogP contribution in [0, 0.1) is 6.92 Å². The van der Waals surface area contributed by atoms with Gasteiger partial charge in [0.05, 0.1) is 0 Å². The molecule has 4 nitrogen and oxygen atoms in total. The highest BCUT2D eigenvalue weighted by molar-refractivity contribution is 7.09. The number of hydrogen-bond acceptors (Lipinski definition) is 5. The van der Waals surface area contributed by atoms with E-state index in [0.717, 1.165) is 18.7 Å². The van der Waals surface area contributed by atoms with Crippen molar-refractivity contribution in [3.05, 3.63) is 34.2 Å². The molecule has 5 heteroatoms. The van der Waals surface area contributed by atoms with Crippen molar-refractivity contribution in [1.82, 2.24) is 9.97 Å². The van der Waals surface area contributed by atoms with Crippen LogP contribution in [-0.4, -0.2) is 16.5 Å². The van der Waals surface area contributed by atoms with Gasteiger partial charge in [-0.25, -0.2) is 4.98 Å². The lowest BCUT2D eigenvalue weighted by Gasteiger charge is -2.05. The summed E-state index contributed by atoms with van der Waals surface area (Å²) in [6.07, 6.45) is 0.981. The Hall–Kier alpha value is -1.62. The first kappa shape index (κ1) is 10.9. The molecule has 0 aromatic carbocycles. The number of hydrogen-bond donors (Lipinski definition) is 2. The lowest BCUT2D eigenvalue weighted by molar-refractivity contribution is 0.991. The standard InChI is InChI=1S/C11H14N4S/c1-8-7-10(12)15-11(14-8)13-5-4-9-3-2-6-16-9/h2-3,6-7H,4-5H2,1H3,(H3,12,13,14,15). The van der Waals surface area contributed by atoms with Crippen LogP contribution in [0.5, 0.6) is 0 Å². The van der Waals surface area contributed by atoms with Crippen molar-refractivity contribution in [2.75, 3.05) is 17.6 Å². The molecule has 0 radical (unpaired) electrons. The summed E-state index contributed by atoms with van der Waals surface area (Å²) >= 11 is 1.76. The summed E-state index contributed by atoms with van der Waals surface area (Å²) in [5.74, 6) is 1.11. The summed E-state index contributed by atoms with van der Waals surface area (Å²) in [5.41, 5.74) is 6.52. The van der Waals surface area contributed by atoms with E-state index in [-0.39, 0.29) is 0 Å². The fraction of sp³-hybridized carbons (Fsp3) is 0.273. The molecule has 2 aromatic heterocycles. The van der Waals surface area contributed by atoms with Crippen LogP contribution in [0.1, 0.15) is 10.6 Å².